The standard InChI is InChI=1S/C15H19N3O3S.C2HF3O2/c1-20-7-5-18-10-11-4-6-21-12(14(11)17-18)9-16-15(19)13-3-2-8-22-13;3-2(4,5)1(6)7/h2-3,8,10,12H,4-7,9H2,1H3,(H,16,19);(H,6,7). The molecule has 1 atom stereocenters. The number of nitrogens with zero attached hydrogens (tertiary/aromatic N) is 2. The average molecular weight is 435 g/mol. The Morgan fingerprint density at radius 2 is 2.21 bits per heavy atom. The third kappa shape index (κ3) is 6.84. The second-order valence-corrected chi connectivity index (χ2v) is 6.84. The SMILES string of the molecule is COCCn1cc2c(n1)C(CNC(=O)c1cccs1)OCC2.O=C(O)C(F)(F)F. The summed E-state index contributed by atoms with van der Waals surface area (Å²) in [7, 11) is 1.68. The molecule has 1 amide bonds. The lowest BCUT2D eigenvalue weighted by atomic mass is 10.1. The van der Waals surface area contributed by atoms with Crippen LogP contribution in [-0.2, 0) is 27.2 Å². The number of nitrogens with one attached hydrogen (secondary N) is 1. The maximum atomic E-state index is 12.0. The van der Waals surface area contributed by atoms with Crippen molar-refractivity contribution < 1.29 is 37.3 Å². The molecule has 0 saturated carbocycles. The number of thiophene rings is 1. The number of fused-ring (bicyclic) bond motifs is 1. The van der Waals surface area contributed by atoms with Gasteiger partial charge in [-0.2, -0.15) is 18.3 Å². The van der Waals surface area contributed by atoms with Gasteiger partial charge in [-0.25, -0.2) is 4.79 Å². The van der Waals surface area contributed by atoms with Crippen LogP contribution in [0.25, 0.3) is 0 Å². The number of hydrogen-bond acceptors (Lipinski definition) is 6. The highest BCUT2D eigenvalue weighted by atomic mass is 32.1. The summed E-state index contributed by atoms with van der Waals surface area (Å²) in [6, 6.07) is 3.68. The van der Waals surface area contributed by atoms with Gasteiger partial charge < -0.3 is 19.9 Å². The molecule has 2 aromatic rings. The van der Waals surface area contributed by atoms with Crippen LogP contribution in [0.1, 0.15) is 27.0 Å². The third-order valence-corrected chi connectivity index (χ3v) is 4.69. The van der Waals surface area contributed by atoms with Crippen LogP contribution in [-0.4, -0.2) is 59.8 Å². The Bertz CT molecular complexity index is 808. The van der Waals surface area contributed by atoms with Crippen LogP contribution in [0.3, 0.4) is 0 Å². The summed E-state index contributed by atoms with van der Waals surface area (Å²) in [4.78, 5) is 21.6. The molecule has 2 aromatic heterocycles. The number of hydrogen-bond donors (Lipinski definition) is 2. The van der Waals surface area contributed by atoms with Crippen molar-refractivity contribution in [2.24, 2.45) is 0 Å². The van der Waals surface area contributed by atoms with Crippen molar-refractivity contribution >= 4 is 23.2 Å². The number of aliphatic carboxylic acids is 1. The lowest BCUT2D eigenvalue weighted by Gasteiger charge is -2.22. The van der Waals surface area contributed by atoms with Crippen molar-refractivity contribution in [2.45, 2.75) is 25.2 Å². The fourth-order valence-corrected chi connectivity index (χ4v) is 3.11. The van der Waals surface area contributed by atoms with Gasteiger partial charge in [0.15, 0.2) is 0 Å². The summed E-state index contributed by atoms with van der Waals surface area (Å²) in [5.74, 6) is -2.82. The highest BCUT2D eigenvalue weighted by Gasteiger charge is 2.38. The lowest BCUT2D eigenvalue weighted by Crippen LogP contribution is -2.31. The quantitative estimate of drug-likeness (QED) is 0.722. The Kier molecular flexibility index (Phi) is 8.17. The van der Waals surface area contributed by atoms with Crippen LogP contribution in [0.4, 0.5) is 13.2 Å². The van der Waals surface area contributed by atoms with Gasteiger partial charge >= 0.3 is 12.1 Å². The van der Waals surface area contributed by atoms with Crippen LogP contribution in [0.2, 0.25) is 0 Å². The number of methoxy groups -OCH3 is 1. The average Bonchev–Trinajstić information content (AvgIpc) is 3.33. The highest BCUT2D eigenvalue weighted by Crippen LogP contribution is 2.25. The molecule has 1 aliphatic rings. The molecule has 0 fully saturated rings. The van der Waals surface area contributed by atoms with E-state index < -0.39 is 12.1 Å². The van der Waals surface area contributed by atoms with Gasteiger partial charge in [0.25, 0.3) is 5.91 Å². The molecule has 0 bridgehead atoms. The molecule has 0 aliphatic carbocycles. The predicted molar refractivity (Wildman–Crippen MR) is 96.8 cm³/mol. The molecule has 0 radical (unpaired) electrons. The minimum Gasteiger partial charge on any atom is -0.475 e. The number of carbonyl (C=O) groups is 2. The van der Waals surface area contributed by atoms with Gasteiger partial charge in [-0.1, -0.05) is 6.07 Å². The number of amides is 1. The van der Waals surface area contributed by atoms with Crippen molar-refractivity contribution in [3.63, 3.8) is 0 Å². The number of aromatic nitrogens is 2. The van der Waals surface area contributed by atoms with Crippen molar-refractivity contribution in [2.75, 3.05) is 26.9 Å². The Hall–Kier alpha value is -2.44. The predicted octanol–water partition coefficient (Wildman–Crippen LogP) is 2.27. The number of carboxylic acid groups (broad SMARTS) is 1. The van der Waals surface area contributed by atoms with Crippen molar-refractivity contribution in [3.8, 4) is 0 Å². The molecule has 3 rings (SSSR count). The molecular formula is C17H20F3N3O5S. The summed E-state index contributed by atoms with van der Waals surface area (Å²) < 4.78 is 44.5. The molecule has 8 nitrogen and oxygen atoms in total. The van der Waals surface area contributed by atoms with Crippen LogP contribution >= 0.6 is 11.3 Å². The first-order valence-electron chi connectivity index (χ1n) is 8.51. The molecule has 3 heterocycles. The zero-order chi connectivity index (χ0) is 21.4. The van der Waals surface area contributed by atoms with Crippen LogP contribution < -0.4 is 5.32 Å². The maximum Gasteiger partial charge on any atom is 0.490 e. The summed E-state index contributed by atoms with van der Waals surface area (Å²) >= 11 is 1.43. The zero-order valence-corrected chi connectivity index (χ0v) is 16.3. The summed E-state index contributed by atoms with van der Waals surface area (Å²) in [5.41, 5.74) is 2.12. The fraction of sp³-hybridized carbons (Fsp3) is 0.471. The van der Waals surface area contributed by atoms with E-state index in [2.05, 4.69) is 10.4 Å². The molecule has 29 heavy (non-hydrogen) atoms. The first kappa shape index (κ1) is 22.8. The van der Waals surface area contributed by atoms with Crippen molar-refractivity contribution in [3.05, 3.63) is 39.8 Å². The Balaban J connectivity index is 0.000000370. The van der Waals surface area contributed by atoms with Crippen LogP contribution in [0, 0.1) is 0 Å². The minimum absolute atomic E-state index is 0.0652. The van der Waals surface area contributed by atoms with E-state index in [1.807, 2.05) is 28.4 Å². The normalized spacial score (nSPS) is 15.8. The monoisotopic (exact) mass is 435 g/mol. The first-order valence-corrected chi connectivity index (χ1v) is 9.39. The lowest BCUT2D eigenvalue weighted by molar-refractivity contribution is -0.192. The summed E-state index contributed by atoms with van der Waals surface area (Å²) in [5, 5.41) is 16.5. The van der Waals surface area contributed by atoms with E-state index in [0.29, 0.717) is 24.6 Å². The van der Waals surface area contributed by atoms with E-state index in [-0.39, 0.29) is 12.0 Å². The van der Waals surface area contributed by atoms with Gasteiger partial charge in [-0.15, -0.1) is 11.3 Å². The molecule has 12 heteroatoms. The Labute approximate surface area is 168 Å². The van der Waals surface area contributed by atoms with Crippen molar-refractivity contribution in [1.29, 1.82) is 0 Å². The van der Waals surface area contributed by atoms with Gasteiger partial charge in [-0.05, 0) is 23.4 Å². The largest absolute Gasteiger partial charge is 0.490 e. The Morgan fingerprint density at radius 3 is 2.79 bits per heavy atom. The molecule has 2 N–H and O–H groups in total. The minimum atomic E-state index is -5.08. The van der Waals surface area contributed by atoms with Crippen LogP contribution in [0.15, 0.2) is 23.7 Å². The summed E-state index contributed by atoms with van der Waals surface area (Å²) in [6.45, 7) is 2.44. The Morgan fingerprint density at radius 1 is 1.48 bits per heavy atom. The van der Waals surface area contributed by atoms with Gasteiger partial charge in [0.05, 0.1) is 30.3 Å². The molecule has 160 valence electrons. The number of alkyl halides is 3. The maximum absolute atomic E-state index is 12.0. The van der Waals surface area contributed by atoms with E-state index in [4.69, 9.17) is 19.4 Å². The number of carboxylic acids is 1. The van der Waals surface area contributed by atoms with E-state index in [1.54, 1.807) is 7.11 Å². The van der Waals surface area contributed by atoms with E-state index >= 15 is 0 Å². The van der Waals surface area contributed by atoms with E-state index in [0.717, 1.165) is 18.7 Å². The molecule has 1 aliphatic heterocycles. The summed E-state index contributed by atoms with van der Waals surface area (Å²) in [6.07, 6.45) is -2.36. The highest BCUT2D eigenvalue weighted by molar-refractivity contribution is 7.12. The molecule has 0 saturated heterocycles. The number of rotatable bonds is 6. The molecule has 0 spiro atoms. The second-order valence-electron chi connectivity index (χ2n) is 5.90. The second kappa shape index (κ2) is 10.4. The molecular weight excluding hydrogens is 415 g/mol. The smallest absolute Gasteiger partial charge is 0.475 e. The molecule has 1 unspecified atom stereocenters. The topological polar surface area (TPSA) is 103 Å². The zero-order valence-electron chi connectivity index (χ0n) is 15.4. The van der Waals surface area contributed by atoms with E-state index in [1.165, 1.54) is 16.9 Å². The van der Waals surface area contributed by atoms with Gasteiger partial charge in [0.2, 0.25) is 0 Å². The van der Waals surface area contributed by atoms with Crippen LogP contribution in [0.5, 0.6) is 0 Å². The van der Waals surface area contributed by atoms with Gasteiger partial charge in [0.1, 0.15) is 6.10 Å². The number of ether oxygens (including phenoxy) is 2. The third-order valence-electron chi connectivity index (χ3n) is 3.83. The first-order chi connectivity index (χ1) is 13.7. The van der Waals surface area contributed by atoms with Gasteiger partial charge in [-0.3, -0.25) is 9.48 Å². The van der Waals surface area contributed by atoms with Gasteiger partial charge in [0, 0.05) is 19.9 Å². The van der Waals surface area contributed by atoms with Crippen molar-refractivity contribution in [1.82, 2.24) is 15.1 Å². The van der Waals surface area contributed by atoms with E-state index in [9.17, 15) is 18.0 Å². The number of halogens is 3. The molecule has 0 aromatic carbocycles. The number of carbonyl (C=O) groups excluding carboxylic acids is 1. The fourth-order valence-electron chi connectivity index (χ4n) is 2.47.